The van der Waals surface area contributed by atoms with E-state index in [0.29, 0.717) is 15.1 Å². The highest BCUT2D eigenvalue weighted by Crippen LogP contribution is 2.28. The van der Waals surface area contributed by atoms with Gasteiger partial charge in [-0.15, -0.1) is 10.2 Å². The molecule has 0 aliphatic rings. The molecule has 0 radical (unpaired) electrons. The molecule has 0 spiro atoms. The molecule has 0 aliphatic heterocycles. The molecule has 9 heteroatoms. The molecular weight excluding hydrogens is 377 g/mol. The monoisotopic (exact) mass is 385 g/mol. The van der Waals surface area contributed by atoms with Gasteiger partial charge >= 0.3 is 0 Å². The zero-order valence-corrected chi connectivity index (χ0v) is 14.5. The number of aromatic nitrogens is 2. The van der Waals surface area contributed by atoms with Crippen LogP contribution >= 0.6 is 34.5 Å². The van der Waals surface area contributed by atoms with Crippen LogP contribution in [0.4, 0.5) is 5.13 Å². The van der Waals surface area contributed by atoms with Gasteiger partial charge in [0, 0.05) is 15.6 Å². The number of anilines is 1. The normalized spacial score (nSPS) is 11.4. The van der Waals surface area contributed by atoms with Crippen molar-refractivity contribution in [1.29, 1.82) is 0 Å². The predicted molar refractivity (Wildman–Crippen MR) is 92.6 cm³/mol. The van der Waals surface area contributed by atoms with Crippen molar-refractivity contribution in [2.75, 3.05) is 4.72 Å². The van der Waals surface area contributed by atoms with Crippen molar-refractivity contribution in [2.45, 2.75) is 4.90 Å². The molecule has 1 N–H and O–H groups in total. The number of halogens is 2. The number of nitrogens with one attached hydrogen (secondary N) is 1. The van der Waals surface area contributed by atoms with E-state index in [1.807, 2.05) is 0 Å². The third-order valence-electron chi connectivity index (χ3n) is 2.86. The van der Waals surface area contributed by atoms with Crippen molar-refractivity contribution in [2.24, 2.45) is 0 Å². The lowest BCUT2D eigenvalue weighted by molar-refractivity contribution is 0.601. The van der Waals surface area contributed by atoms with Gasteiger partial charge in [0.25, 0.3) is 10.0 Å². The van der Waals surface area contributed by atoms with E-state index in [-0.39, 0.29) is 10.0 Å². The van der Waals surface area contributed by atoms with Crippen LogP contribution in [-0.2, 0) is 10.0 Å². The molecule has 5 nitrogen and oxygen atoms in total. The van der Waals surface area contributed by atoms with Gasteiger partial charge < -0.3 is 0 Å². The van der Waals surface area contributed by atoms with Crippen molar-refractivity contribution in [3.8, 4) is 10.6 Å². The van der Waals surface area contributed by atoms with E-state index in [0.717, 1.165) is 16.9 Å². The summed E-state index contributed by atoms with van der Waals surface area (Å²) >= 11 is 12.7. The minimum Gasteiger partial charge on any atom is -0.253 e. The van der Waals surface area contributed by atoms with Crippen LogP contribution in [0.3, 0.4) is 0 Å². The second kappa shape index (κ2) is 6.45. The van der Waals surface area contributed by atoms with Crippen LogP contribution in [0, 0.1) is 0 Å². The molecular formula is C14H9Cl2N3O2S2. The molecule has 3 aromatic rings. The van der Waals surface area contributed by atoms with Gasteiger partial charge in [-0.3, -0.25) is 4.72 Å². The Labute approximate surface area is 147 Å². The van der Waals surface area contributed by atoms with Gasteiger partial charge in [0.15, 0.2) is 0 Å². The van der Waals surface area contributed by atoms with E-state index >= 15 is 0 Å². The third kappa shape index (κ3) is 3.81. The second-order valence-electron chi connectivity index (χ2n) is 4.48. The van der Waals surface area contributed by atoms with Crippen LogP contribution in [0.15, 0.2) is 53.4 Å². The first-order valence-electron chi connectivity index (χ1n) is 6.32. The Kier molecular flexibility index (Phi) is 4.54. The molecule has 0 bridgehead atoms. The molecule has 1 aromatic heterocycles. The van der Waals surface area contributed by atoms with Crippen molar-refractivity contribution in [3.05, 3.63) is 58.6 Å². The summed E-state index contributed by atoms with van der Waals surface area (Å²) < 4.78 is 26.9. The molecule has 0 fully saturated rings. The lowest BCUT2D eigenvalue weighted by atomic mass is 10.2. The molecule has 0 amide bonds. The van der Waals surface area contributed by atoms with Crippen molar-refractivity contribution >= 4 is 49.7 Å². The molecule has 118 valence electrons. The maximum absolute atomic E-state index is 12.3. The lowest BCUT2D eigenvalue weighted by Gasteiger charge is -2.04. The molecule has 0 saturated heterocycles. The largest absolute Gasteiger partial charge is 0.263 e. The molecule has 0 unspecified atom stereocenters. The minimum atomic E-state index is -3.73. The Hall–Kier alpha value is -1.67. The molecule has 23 heavy (non-hydrogen) atoms. The van der Waals surface area contributed by atoms with Gasteiger partial charge in [-0.25, -0.2) is 8.42 Å². The average Bonchev–Trinajstić information content (AvgIpc) is 2.96. The Morgan fingerprint density at radius 2 is 1.43 bits per heavy atom. The van der Waals surface area contributed by atoms with Gasteiger partial charge in [0.05, 0.1) is 4.90 Å². The van der Waals surface area contributed by atoms with Crippen LogP contribution in [0.2, 0.25) is 10.0 Å². The van der Waals surface area contributed by atoms with E-state index in [1.165, 1.54) is 24.3 Å². The molecule has 0 atom stereocenters. The first-order valence-corrected chi connectivity index (χ1v) is 9.37. The fourth-order valence-corrected chi connectivity index (χ4v) is 3.99. The van der Waals surface area contributed by atoms with Gasteiger partial charge in [-0.2, -0.15) is 0 Å². The van der Waals surface area contributed by atoms with E-state index in [2.05, 4.69) is 14.9 Å². The third-order valence-corrected chi connectivity index (χ3v) is 5.74. The van der Waals surface area contributed by atoms with Crippen LogP contribution in [0.5, 0.6) is 0 Å². The second-order valence-corrected chi connectivity index (χ2v) is 8.01. The quantitative estimate of drug-likeness (QED) is 0.725. The van der Waals surface area contributed by atoms with Gasteiger partial charge in [-0.05, 0) is 36.4 Å². The van der Waals surface area contributed by atoms with Gasteiger partial charge in [0.1, 0.15) is 5.01 Å². The first kappa shape index (κ1) is 16.2. The highest BCUT2D eigenvalue weighted by Gasteiger charge is 2.17. The standard InChI is InChI=1S/C14H9Cl2N3O2S2/c15-10-3-1-9(2-4-10)13-17-18-14(22-13)19-23(20,21)12-7-5-11(16)6-8-12/h1-8H,(H,18,19). The first-order chi connectivity index (χ1) is 10.9. The highest BCUT2D eigenvalue weighted by molar-refractivity contribution is 7.93. The van der Waals surface area contributed by atoms with Gasteiger partial charge in [0.2, 0.25) is 5.13 Å². The van der Waals surface area contributed by atoms with Crippen LogP contribution in [0.25, 0.3) is 10.6 Å². The smallest absolute Gasteiger partial charge is 0.253 e. The summed E-state index contributed by atoms with van der Waals surface area (Å²) in [6, 6.07) is 12.9. The maximum atomic E-state index is 12.3. The Morgan fingerprint density at radius 3 is 2.04 bits per heavy atom. The Morgan fingerprint density at radius 1 is 0.870 bits per heavy atom. The zero-order valence-electron chi connectivity index (χ0n) is 11.4. The molecule has 2 aromatic carbocycles. The fourth-order valence-electron chi connectivity index (χ4n) is 1.76. The number of sulfonamides is 1. The number of benzene rings is 2. The fraction of sp³-hybridized carbons (Fsp3) is 0. The molecule has 0 saturated carbocycles. The number of hydrogen-bond acceptors (Lipinski definition) is 5. The number of rotatable bonds is 4. The summed E-state index contributed by atoms with van der Waals surface area (Å²) in [4.78, 5) is 0.102. The summed E-state index contributed by atoms with van der Waals surface area (Å²) in [5, 5.41) is 9.70. The van der Waals surface area contributed by atoms with Crippen molar-refractivity contribution < 1.29 is 8.42 Å². The minimum absolute atomic E-state index is 0.102. The molecule has 0 aliphatic carbocycles. The van der Waals surface area contributed by atoms with Gasteiger partial charge in [-0.1, -0.05) is 46.7 Å². The summed E-state index contributed by atoms with van der Waals surface area (Å²) in [6.45, 7) is 0. The highest BCUT2D eigenvalue weighted by atomic mass is 35.5. The SMILES string of the molecule is O=S(=O)(Nc1nnc(-c2ccc(Cl)cc2)s1)c1ccc(Cl)cc1. The molecule has 1 heterocycles. The van der Waals surface area contributed by atoms with Crippen molar-refractivity contribution in [1.82, 2.24) is 10.2 Å². The average molecular weight is 386 g/mol. The Bertz CT molecular complexity index is 923. The van der Waals surface area contributed by atoms with E-state index in [9.17, 15) is 8.42 Å². The zero-order chi connectivity index (χ0) is 16.4. The summed E-state index contributed by atoms with van der Waals surface area (Å²) in [5.74, 6) is 0. The Balaban J connectivity index is 1.83. The van der Waals surface area contributed by atoms with Crippen LogP contribution in [0.1, 0.15) is 0 Å². The summed E-state index contributed by atoms with van der Waals surface area (Å²) in [6.07, 6.45) is 0. The topological polar surface area (TPSA) is 72.0 Å². The lowest BCUT2D eigenvalue weighted by Crippen LogP contribution is -2.12. The van der Waals surface area contributed by atoms with E-state index < -0.39 is 10.0 Å². The maximum Gasteiger partial charge on any atom is 0.263 e. The van der Waals surface area contributed by atoms with E-state index in [4.69, 9.17) is 23.2 Å². The van der Waals surface area contributed by atoms with Crippen LogP contribution < -0.4 is 4.72 Å². The predicted octanol–water partition coefficient (Wildman–Crippen LogP) is 4.31. The number of hydrogen-bond donors (Lipinski definition) is 1. The van der Waals surface area contributed by atoms with Crippen molar-refractivity contribution in [3.63, 3.8) is 0 Å². The summed E-state index contributed by atoms with van der Waals surface area (Å²) in [5.41, 5.74) is 0.809. The molecule has 3 rings (SSSR count). The van der Waals surface area contributed by atoms with E-state index in [1.54, 1.807) is 24.3 Å². The number of nitrogens with zero attached hydrogens (tertiary/aromatic N) is 2. The van der Waals surface area contributed by atoms with Crippen LogP contribution in [-0.4, -0.2) is 18.6 Å². The summed E-state index contributed by atoms with van der Waals surface area (Å²) in [7, 11) is -3.73.